The van der Waals surface area contributed by atoms with Crippen LogP contribution in [0.1, 0.15) is 38.5 Å². The minimum absolute atomic E-state index is 0.354. The first-order valence-corrected chi connectivity index (χ1v) is 7.35. The van der Waals surface area contributed by atoms with Gasteiger partial charge in [-0.3, -0.25) is 0 Å². The number of benzene rings is 1. The van der Waals surface area contributed by atoms with Crippen molar-refractivity contribution < 1.29 is 24.1 Å². The molecule has 0 radical (unpaired) electrons. The van der Waals surface area contributed by atoms with Crippen molar-refractivity contribution in [3.63, 3.8) is 0 Å². The van der Waals surface area contributed by atoms with E-state index in [4.69, 9.17) is 25.8 Å². The number of ether oxygens (including phenoxy) is 3. The van der Waals surface area contributed by atoms with Crippen LogP contribution in [0.5, 0.6) is 5.75 Å². The molecule has 0 spiro atoms. The van der Waals surface area contributed by atoms with Crippen LogP contribution in [0.15, 0.2) is 18.2 Å². The van der Waals surface area contributed by atoms with Crippen molar-refractivity contribution in [3.05, 3.63) is 28.8 Å². The van der Waals surface area contributed by atoms with Crippen molar-refractivity contribution in [1.82, 2.24) is 0 Å². The Morgan fingerprint density at radius 2 is 2.00 bits per heavy atom. The number of halogens is 1. The zero-order chi connectivity index (χ0) is 15.5. The van der Waals surface area contributed by atoms with E-state index in [1.165, 1.54) is 0 Å². The van der Waals surface area contributed by atoms with Crippen LogP contribution >= 0.6 is 11.6 Å². The molecule has 21 heavy (non-hydrogen) atoms. The van der Waals surface area contributed by atoms with Crippen LogP contribution < -0.4 is 4.74 Å². The predicted molar refractivity (Wildman–Crippen MR) is 77.7 cm³/mol. The van der Waals surface area contributed by atoms with E-state index < -0.39 is 17.9 Å². The lowest BCUT2D eigenvalue weighted by Gasteiger charge is -2.29. The van der Waals surface area contributed by atoms with E-state index >= 15 is 0 Å². The van der Waals surface area contributed by atoms with Crippen LogP contribution in [0.3, 0.4) is 0 Å². The highest BCUT2D eigenvalue weighted by atomic mass is 35.5. The Labute approximate surface area is 128 Å². The van der Waals surface area contributed by atoms with Crippen LogP contribution in [0.25, 0.3) is 0 Å². The van der Waals surface area contributed by atoms with Crippen LogP contribution in [0.4, 0.5) is 0 Å². The second kappa shape index (κ2) is 6.64. The number of rotatable bonds is 6. The van der Waals surface area contributed by atoms with E-state index in [1.54, 1.807) is 32.0 Å². The minimum atomic E-state index is -1.26. The van der Waals surface area contributed by atoms with Gasteiger partial charge in [0.2, 0.25) is 5.60 Å². The standard InChI is InChI=1S/C15H19ClO5/c1-3-15(4-2,14(17)18)21-12-6-5-10(16)9-11(12)13-19-7-8-20-13/h5-6,9,13H,3-4,7-8H2,1-2H3,(H,17,18). The third kappa shape index (κ3) is 3.31. The maximum atomic E-state index is 11.6. The Balaban J connectivity index is 2.36. The molecule has 1 N–H and O–H groups in total. The zero-order valence-electron chi connectivity index (χ0n) is 12.1. The van der Waals surface area contributed by atoms with Crippen molar-refractivity contribution >= 4 is 17.6 Å². The summed E-state index contributed by atoms with van der Waals surface area (Å²) in [5, 5.41) is 10.0. The van der Waals surface area contributed by atoms with Gasteiger partial charge in [0, 0.05) is 5.02 Å². The Morgan fingerprint density at radius 3 is 2.52 bits per heavy atom. The molecule has 0 saturated carbocycles. The quantitative estimate of drug-likeness (QED) is 0.871. The fraction of sp³-hybridized carbons (Fsp3) is 0.533. The molecule has 0 atom stereocenters. The summed E-state index contributed by atoms with van der Waals surface area (Å²) in [6.45, 7) is 4.55. The molecular weight excluding hydrogens is 296 g/mol. The summed E-state index contributed by atoms with van der Waals surface area (Å²) in [6.07, 6.45) is 0.138. The molecule has 0 aliphatic carbocycles. The molecule has 6 heteroatoms. The number of carboxylic acid groups (broad SMARTS) is 1. The molecule has 1 saturated heterocycles. The van der Waals surface area contributed by atoms with Gasteiger partial charge in [0.1, 0.15) is 5.75 Å². The summed E-state index contributed by atoms with van der Waals surface area (Å²) in [4.78, 5) is 11.6. The molecule has 0 unspecified atom stereocenters. The first-order valence-electron chi connectivity index (χ1n) is 6.97. The molecule has 1 aromatic carbocycles. The van der Waals surface area contributed by atoms with E-state index in [2.05, 4.69) is 0 Å². The van der Waals surface area contributed by atoms with Gasteiger partial charge >= 0.3 is 5.97 Å². The van der Waals surface area contributed by atoms with Gasteiger partial charge in [-0.25, -0.2) is 4.79 Å². The molecule has 5 nitrogen and oxygen atoms in total. The molecule has 0 bridgehead atoms. The number of hydrogen-bond donors (Lipinski definition) is 1. The second-order valence-corrected chi connectivity index (χ2v) is 5.30. The lowest BCUT2D eigenvalue weighted by Crippen LogP contribution is -2.43. The zero-order valence-corrected chi connectivity index (χ0v) is 12.9. The van der Waals surface area contributed by atoms with Crippen LogP contribution in [-0.4, -0.2) is 29.9 Å². The van der Waals surface area contributed by atoms with Gasteiger partial charge in [0.25, 0.3) is 0 Å². The highest BCUT2D eigenvalue weighted by molar-refractivity contribution is 6.30. The Morgan fingerprint density at radius 1 is 1.38 bits per heavy atom. The monoisotopic (exact) mass is 314 g/mol. The Bertz CT molecular complexity index is 507. The van der Waals surface area contributed by atoms with Crippen molar-refractivity contribution in [3.8, 4) is 5.75 Å². The Hall–Kier alpha value is -1.30. The summed E-state index contributed by atoms with van der Waals surface area (Å²) in [6, 6.07) is 5.00. The highest BCUT2D eigenvalue weighted by Gasteiger charge is 2.38. The van der Waals surface area contributed by atoms with Crippen molar-refractivity contribution in [2.45, 2.75) is 38.6 Å². The summed E-state index contributed by atoms with van der Waals surface area (Å²) in [5.74, 6) is -0.556. The normalized spacial score (nSPS) is 16.1. The molecular formula is C15H19ClO5. The SMILES string of the molecule is CCC(CC)(Oc1ccc(Cl)cc1C1OCCO1)C(=O)O. The fourth-order valence-electron chi connectivity index (χ4n) is 2.29. The first-order chi connectivity index (χ1) is 10.0. The minimum Gasteiger partial charge on any atom is -0.478 e. The summed E-state index contributed by atoms with van der Waals surface area (Å²) >= 11 is 6.01. The fourth-order valence-corrected chi connectivity index (χ4v) is 2.47. The number of carboxylic acids is 1. The van der Waals surface area contributed by atoms with E-state index in [1.807, 2.05) is 0 Å². The van der Waals surface area contributed by atoms with Gasteiger partial charge in [-0.2, -0.15) is 0 Å². The molecule has 1 aliphatic heterocycles. The summed E-state index contributed by atoms with van der Waals surface area (Å²) in [5.41, 5.74) is -0.645. The van der Waals surface area contributed by atoms with Gasteiger partial charge in [-0.05, 0) is 31.0 Å². The summed E-state index contributed by atoms with van der Waals surface area (Å²) in [7, 11) is 0. The van der Waals surface area contributed by atoms with Gasteiger partial charge in [0.15, 0.2) is 6.29 Å². The van der Waals surface area contributed by atoms with E-state index in [-0.39, 0.29) is 0 Å². The van der Waals surface area contributed by atoms with Gasteiger partial charge < -0.3 is 19.3 Å². The lowest BCUT2D eigenvalue weighted by atomic mass is 9.97. The molecule has 1 heterocycles. The Kier molecular flexibility index (Phi) is 5.08. The average molecular weight is 315 g/mol. The molecule has 1 aromatic rings. The topological polar surface area (TPSA) is 65.0 Å². The van der Waals surface area contributed by atoms with Crippen LogP contribution in [-0.2, 0) is 14.3 Å². The third-order valence-electron chi connectivity index (χ3n) is 3.68. The van der Waals surface area contributed by atoms with Crippen molar-refractivity contribution in [1.29, 1.82) is 0 Å². The van der Waals surface area contributed by atoms with Gasteiger partial charge in [-0.1, -0.05) is 25.4 Å². The number of carbonyl (C=O) groups is 1. The first kappa shape index (κ1) is 16.1. The largest absolute Gasteiger partial charge is 0.478 e. The van der Waals surface area contributed by atoms with Crippen LogP contribution in [0, 0.1) is 0 Å². The van der Waals surface area contributed by atoms with Gasteiger partial charge in [0.05, 0.1) is 18.8 Å². The number of aliphatic carboxylic acids is 1. The van der Waals surface area contributed by atoms with E-state index in [0.29, 0.717) is 42.4 Å². The maximum absolute atomic E-state index is 11.6. The molecule has 0 amide bonds. The lowest BCUT2D eigenvalue weighted by molar-refractivity contribution is -0.156. The van der Waals surface area contributed by atoms with Crippen LogP contribution in [0.2, 0.25) is 5.02 Å². The van der Waals surface area contributed by atoms with E-state index in [0.717, 1.165) is 0 Å². The molecule has 116 valence electrons. The summed E-state index contributed by atoms with van der Waals surface area (Å²) < 4.78 is 16.8. The number of hydrogen-bond acceptors (Lipinski definition) is 4. The molecule has 2 rings (SSSR count). The van der Waals surface area contributed by atoms with Crippen molar-refractivity contribution in [2.75, 3.05) is 13.2 Å². The molecule has 1 aliphatic rings. The van der Waals surface area contributed by atoms with E-state index in [9.17, 15) is 9.90 Å². The second-order valence-electron chi connectivity index (χ2n) is 4.86. The highest BCUT2D eigenvalue weighted by Crippen LogP contribution is 2.36. The third-order valence-corrected chi connectivity index (χ3v) is 3.92. The van der Waals surface area contributed by atoms with Gasteiger partial charge in [-0.15, -0.1) is 0 Å². The maximum Gasteiger partial charge on any atom is 0.348 e. The van der Waals surface area contributed by atoms with Crippen molar-refractivity contribution in [2.24, 2.45) is 0 Å². The predicted octanol–water partition coefficient (Wildman–Crippen LogP) is 3.41. The smallest absolute Gasteiger partial charge is 0.348 e. The molecule has 1 fully saturated rings. The molecule has 0 aromatic heterocycles. The average Bonchev–Trinajstić information content (AvgIpc) is 3.00.